The molecule has 72 valence electrons. The number of pyridine rings is 1. The van der Waals surface area contributed by atoms with Gasteiger partial charge < -0.3 is 5.32 Å². The fourth-order valence-electron chi connectivity index (χ4n) is 0.891. The predicted octanol–water partition coefficient (Wildman–Crippen LogP) is 0.971. The second-order valence-electron chi connectivity index (χ2n) is 2.98. The van der Waals surface area contributed by atoms with Gasteiger partial charge in [-0.25, -0.2) is 0 Å². The average Bonchev–Trinajstić information content (AvgIpc) is 2.26. The van der Waals surface area contributed by atoms with E-state index in [1.165, 1.54) is 6.20 Å². The van der Waals surface area contributed by atoms with E-state index < -0.39 is 0 Å². The number of carbonyl (C=O) groups excluding carboxylic acids is 1. The van der Waals surface area contributed by atoms with Crippen LogP contribution in [0.15, 0.2) is 24.5 Å². The van der Waals surface area contributed by atoms with Crippen LogP contribution in [0.25, 0.3) is 0 Å². The number of hydrogen-bond acceptors (Lipinski definition) is 3. The summed E-state index contributed by atoms with van der Waals surface area (Å²) in [5.41, 5.74) is 0.512. The van der Waals surface area contributed by atoms with E-state index in [2.05, 4.69) is 10.3 Å². The summed E-state index contributed by atoms with van der Waals surface area (Å²) < 4.78 is 0. The van der Waals surface area contributed by atoms with Crippen LogP contribution in [-0.4, -0.2) is 17.4 Å². The van der Waals surface area contributed by atoms with Gasteiger partial charge in [-0.1, -0.05) is 0 Å². The Balaban J connectivity index is 2.49. The number of amides is 1. The molecule has 0 aliphatic heterocycles. The molecule has 0 radical (unpaired) electrons. The summed E-state index contributed by atoms with van der Waals surface area (Å²) in [5.74, 6) is -0.365. The average molecular weight is 189 g/mol. The maximum Gasteiger partial charge on any atom is 0.252 e. The lowest BCUT2D eigenvalue weighted by atomic mass is 10.2. The van der Waals surface area contributed by atoms with E-state index in [1.54, 1.807) is 25.3 Å². The third-order valence-electron chi connectivity index (χ3n) is 1.71. The zero-order valence-electron chi connectivity index (χ0n) is 7.90. The fraction of sp³-hybridized carbons (Fsp3) is 0.300. The molecule has 0 aliphatic carbocycles. The van der Waals surface area contributed by atoms with Gasteiger partial charge in [-0.15, -0.1) is 0 Å². The molecule has 0 aromatic carbocycles. The van der Waals surface area contributed by atoms with Crippen LogP contribution in [0, 0.1) is 17.2 Å². The van der Waals surface area contributed by atoms with Crippen LogP contribution in [0.4, 0.5) is 0 Å². The van der Waals surface area contributed by atoms with E-state index in [0.717, 1.165) is 0 Å². The number of nitrogens with one attached hydrogen (secondary N) is 1. The second-order valence-corrected chi connectivity index (χ2v) is 2.98. The third kappa shape index (κ3) is 2.87. The summed E-state index contributed by atoms with van der Waals surface area (Å²) in [6, 6.07) is 5.42. The normalized spacial score (nSPS) is 11.4. The minimum absolute atomic E-state index is 0.171. The predicted molar refractivity (Wildman–Crippen MR) is 51.3 cm³/mol. The molecule has 1 aromatic heterocycles. The van der Waals surface area contributed by atoms with Gasteiger partial charge in [0, 0.05) is 18.9 Å². The van der Waals surface area contributed by atoms with E-state index >= 15 is 0 Å². The summed E-state index contributed by atoms with van der Waals surface area (Å²) in [6.45, 7) is 2.12. The van der Waals surface area contributed by atoms with Crippen molar-refractivity contribution in [1.29, 1.82) is 5.26 Å². The minimum Gasteiger partial charge on any atom is -0.351 e. The van der Waals surface area contributed by atoms with Gasteiger partial charge in [0.1, 0.15) is 0 Å². The fourth-order valence-corrected chi connectivity index (χ4v) is 0.891. The summed E-state index contributed by atoms with van der Waals surface area (Å²) >= 11 is 0. The van der Waals surface area contributed by atoms with Crippen LogP contribution < -0.4 is 5.32 Å². The lowest BCUT2D eigenvalue weighted by Gasteiger charge is -2.05. The Labute approximate surface area is 82.6 Å². The molecule has 1 N–H and O–H groups in total. The molecule has 14 heavy (non-hydrogen) atoms. The van der Waals surface area contributed by atoms with E-state index in [0.29, 0.717) is 12.1 Å². The number of nitrogens with zero attached hydrogens (tertiary/aromatic N) is 2. The van der Waals surface area contributed by atoms with Crippen molar-refractivity contribution in [2.75, 3.05) is 6.54 Å². The Morgan fingerprint density at radius 2 is 2.57 bits per heavy atom. The number of aromatic nitrogens is 1. The molecule has 0 saturated heterocycles. The molecule has 1 rings (SSSR count). The van der Waals surface area contributed by atoms with Crippen LogP contribution in [0.5, 0.6) is 0 Å². The molecule has 4 heteroatoms. The van der Waals surface area contributed by atoms with Crippen molar-refractivity contribution >= 4 is 5.91 Å². The van der Waals surface area contributed by atoms with Crippen molar-refractivity contribution in [1.82, 2.24) is 10.3 Å². The third-order valence-corrected chi connectivity index (χ3v) is 1.71. The van der Waals surface area contributed by atoms with Gasteiger partial charge in [0.2, 0.25) is 0 Å². The Morgan fingerprint density at radius 1 is 1.79 bits per heavy atom. The molecule has 1 atom stereocenters. The first kappa shape index (κ1) is 10.2. The highest BCUT2D eigenvalue weighted by atomic mass is 16.1. The summed E-state index contributed by atoms with van der Waals surface area (Å²) in [4.78, 5) is 15.2. The van der Waals surface area contributed by atoms with Crippen LogP contribution in [0.1, 0.15) is 17.3 Å². The van der Waals surface area contributed by atoms with Gasteiger partial charge in [0.05, 0.1) is 17.6 Å². The molecule has 1 aromatic rings. The highest BCUT2D eigenvalue weighted by Gasteiger charge is 2.06. The van der Waals surface area contributed by atoms with E-state index in [4.69, 9.17) is 5.26 Å². The summed E-state index contributed by atoms with van der Waals surface area (Å²) in [6.07, 6.45) is 3.10. The van der Waals surface area contributed by atoms with Crippen molar-refractivity contribution in [2.45, 2.75) is 6.92 Å². The molecule has 0 aliphatic rings. The molecular weight excluding hydrogens is 178 g/mol. The Hall–Kier alpha value is -1.89. The maximum atomic E-state index is 11.4. The van der Waals surface area contributed by atoms with Crippen molar-refractivity contribution in [3.63, 3.8) is 0 Å². The number of carbonyl (C=O) groups is 1. The summed E-state index contributed by atoms with van der Waals surface area (Å²) in [5, 5.41) is 11.2. The molecule has 0 spiro atoms. The van der Waals surface area contributed by atoms with Crippen LogP contribution >= 0.6 is 0 Å². The number of hydrogen-bond donors (Lipinski definition) is 1. The second kappa shape index (κ2) is 4.97. The molecule has 0 saturated carbocycles. The highest BCUT2D eigenvalue weighted by Crippen LogP contribution is 1.96. The van der Waals surface area contributed by atoms with Gasteiger partial charge in [-0.05, 0) is 19.1 Å². The Kier molecular flexibility index (Phi) is 3.62. The van der Waals surface area contributed by atoms with E-state index in [9.17, 15) is 4.79 Å². The van der Waals surface area contributed by atoms with Crippen LogP contribution in [-0.2, 0) is 0 Å². The van der Waals surface area contributed by atoms with Gasteiger partial charge in [0.15, 0.2) is 0 Å². The SMILES string of the molecule is CC(C#N)CNC(=O)c1cccnc1. The minimum atomic E-state index is -0.194. The topological polar surface area (TPSA) is 65.8 Å². The standard InChI is InChI=1S/C10H11N3O/c1-8(5-11)6-13-10(14)9-3-2-4-12-7-9/h2-4,7-8H,6H2,1H3,(H,13,14). The van der Waals surface area contributed by atoms with Crippen LogP contribution in [0.2, 0.25) is 0 Å². The Morgan fingerprint density at radius 3 is 3.14 bits per heavy atom. The highest BCUT2D eigenvalue weighted by molar-refractivity contribution is 5.93. The van der Waals surface area contributed by atoms with Gasteiger partial charge in [0.25, 0.3) is 5.91 Å². The largest absolute Gasteiger partial charge is 0.351 e. The summed E-state index contributed by atoms with van der Waals surface area (Å²) in [7, 11) is 0. The first-order valence-electron chi connectivity index (χ1n) is 4.32. The molecule has 1 amide bonds. The molecule has 4 nitrogen and oxygen atoms in total. The monoisotopic (exact) mass is 189 g/mol. The lowest BCUT2D eigenvalue weighted by molar-refractivity contribution is 0.0950. The smallest absolute Gasteiger partial charge is 0.252 e. The lowest BCUT2D eigenvalue weighted by Crippen LogP contribution is -2.27. The Bertz CT molecular complexity index is 342. The van der Waals surface area contributed by atoms with Gasteiger partial charge >= 0.3 is 0 Å². The first-order valence-corrected chi connectivity index (χ1v) is 4.32. The van der Waals surface area contributed by atoms with Crippen molar-refractivity contribution < 1.29 is 4.79 Å². The molecule has 1 heterocycles. The number of nitriles is 1. The molecule has 0 fully saturated rings. The van der Waals surface area contributed by atoms with Crippen LogP contribution in [0.3, 0.4) is 0 Å². The van der Waals surface area contributed by atoms with Crippen molar-refractivity contribution in [3.05, 3.63) is 30.1 Å². The molecule has 1 unspecified atom stereocenters. The van der Waals surface area contributed by atoms with Gasteiger partial charge in [-0.2, -0.15) is 5.26 Å². The van der Waals surface area contributed by atoms with Crippen molar-refractivity contribution in [3.8, 4) is 6.07 Å². The maximum absolute atomic E-state index is 11.4. The van der Waals surface area contributed by atoms with E-state index in [1.807, 2.05) is 6.07 Å². The first-order chi connectivity index (χ1) is 6.74. The van der Waals surface area contributed by atoms with E-state index in [-0.39, 0.29) is 11.8 Å². The molecule has 0 bridgehead atoms. The number of rotatable bonds is 3. The van der Waals surface area contributed by atoms with Gasteiger partial charge in [-0.3, -0.25) is 9.78 Å². The van der Waals surface area contributed by atoms with Crippen molar-refractivity contribution in [2.24, 2.45) is 5.92 Å². The molecular formula is C10H11N3O. The zero-order valence-corrected chi connectivity index (χ0v) is 7.90. The zero-order chi connectivity index (χ0) is 10.4. The quantitative estimate of drug-likeness (QED) is 0.770.